The van der Waals surface area contributed by atoms with Gasteiger partial charge in [-0.1, -0.05) is 60.1 Å². The van der Waals surface area contributed by atoms with Gasteiger partial charge in [0, 0.05) is 21.4 Å². The zero-order valence-electron chi connectivity index (χ0n) is 10.6. The highest BCUT2D eigenvalue weighted by molar-refractivity contribution is 7.99. The molecule has 1 nitrogen and oxygen atoms in total. The normalized spacial score (nSPS) is 10.7. The minimum atomic E-state index is 0.745. The molecule has 0 bridgehead atoms. The van der Waals surface area contributed by atoms with E-state index in [1.807, 2.05) is 36.4 Å². The fraction of sp³-hybridized carbons (Fsp3) is 0.200. The first-order chi connectivity index (χ1) is 9.20. The van der Waals surface area contributed by atoms with Crippen LogP contribution in [0.15, 0.2) is 52.3 Å². The van der Waals surface area contributed by atoms with Crippen molar-refractivity contribution in [2.75, 3.05) is 6.54 Å². The van der Waals surface area contributed by atoms with E-state index in [0.717, 1.165) is 32.9 Å². The van der Waals surface area contributed by atoms with Crippen LogP contribution in [0.4, 0.5) is 0 Å². The maximum Gasteiger partial charge on any atom is 0.0545 e. The first kappa shape index (κ1) is 14.7. The predicted octanol–water partition coefficient (Wildman–Crippen LogP) is 5.25. The second-order valence-corrected chi connectivity index (χ2v) is 5.99. The summed E-state index contributed by atoms with van der Waals surface area (Å²) < 4.78 is 0. The van der Waals surface area contributed by atoms with Crippen LogP contribution in [0.5, 0.6) is 0 Å². The number of nitrogens with one attached hydrogen (secondary N) is 1. The quantitative estimate of drug-likeness (QED) is 0.809. The molecule has 0 heterocycles. The fourth-order valence-electron chi connectivity index (χ4n) is 1.68. The Bertz CT molecular complexity index is 558. The van der Waals surface area contributed by atoms with Crippen molar-refractivity contribution in [3.63, 3.8) is 0 Å². The van der Waals surface area contributed by atoms with Crippen LogP contribution >= 0.6 is 35.0 Å². The van der Waals surface area contributed by atoms with E-state index in [1.54, 1.807) is 11.8 Å². The summed E-state index contributed by atoms with van der Waals surface area (Å²) in [7, 11) is 0. The Morgan fingerprint density at radius 3 is 2.58 bits per heavy atom. The van der Waals surface area contributed by atoms with E-state index in [2.05, 4.69) is 18.3 Å². The minimum Gasteiger partial charge on any atom is -0.313 e. The number of rotatable bonds is 5. The van der Waals surface area contributed by atoms with E-state index in [1.165, 1.54) is 5.56 Å². The Morgan fingerprint density at radius 2 is 1.84 bits per heavy atom. The third-order valence-electron chi connectivity index (χ3n) is 2.65. The highest BCUT2D eigenvalue weighted by Crippen LogP contribution is 2.36. The van der Waals surface area contributed by atoms with E-state index in [4.69, 9.17) is 23.2 Å². The molecule has 2 rings (SSSR count). The van der Waals surface area contributed by atoms with E-state index >= 15 is 0 Å². The summed E-state index contributed by atoms with van der Waals surface area (Å²) in [5.74, 6) is 0. The highest BCUT2D eigenvalue weighted by Gasteiger charge is 2.07. The molecular formula is C15H15Cl2NS. The summed E-state index contributed by atoms with van der Waals surface area (Å²) in [5, 5.41) is 4.85. The summed E-state index contributed by atoms with van der Waals surface area (Å²) in [4.78, 5) is 2.19. The van der Waals surface area contributed by atoms with Gasteiger partial charge in [-0.15, -0.1) is 0 Å². The molecule has 2 aromatic rings. The Morgan fingerprint density at radius 1 is 1.05 bits per heavy atom. The maximum absolute atomic E-state index is 6.20. The molecule has 0 aliphatic rings. The van der Waals surface area contributed by atoms with Gasteiger partial charge in [0.1, 0.15) is 0 Å². The predicted molar refractivity (Wildman–Crippen MR) is 84.4 cm³/mol. The average Bonchev–Trinajstić information content (AvgIpc) is 2.40. The van der Waals surface area contributed by atoms with Crippen LogP contribution in [0.3, 0.4) is 0 Å². The first-order valence-electron chi connectivity index (χ1n) is 6.12. The molecule has 0 saturated carbocycles. The van der Waals surface area contributed by atoms with Crippen LogP contribution in [0, 0.1) is 0 Å². The molecule has 0 radical (unpaired) electrons. The van der Waals surface area contributed by atoms with Crippen LogP contribution in [-0.4, -0.2) is 6.54 Å². The Labute approximate surface area is 128 Å². The molecule has 2 aromatic carbocycles. The largest absolute Gasteiger partial charge is 0.313 e. The molecule has 0 aliphatic carbocycles. The third kappa shape index (κ3) is 4.15. The number of hydrogen-bond acceptors (Lipinski definition) is 2. The molecule has 0 atom stereocenters. The Balaban J connectivity index is 2.27. The van der Waals surface area contributed by atoms with Crippen molar-refractivity contribution in [2.24, 2.45) is 0 Å². The number of hydrogen-bond donors (Lipinski definition) is 1. The van der Waals surface area contributed by atoms with Gasteiger partial charge >= 0.3 is 0 Å². The highest BCUT2D eigenvalue weighted by atomic mass is 35.5. The monoisotopic (exact) mass is 311 g/mol. The standard InChI is InChI=1S/C15H15Cl2NS/c1-2-18-10-11-7-8-12(16)9-15(11)19-14-6-4-3-5-13(14)17/h3-9,18H,2,10H2,1H3. The van der Waals surface area contributed by atoms with E-state index in [0.29, 0.717) is 0 Å². The van der Waals surface area contributed by atoms with Crippen molar-refractivity contribution < 1.29 is 0 Å². The molecule has 1 N–H and O–H groups in total. The zero-order chi connectivity index (χ0) is 13.7. The summed E-state index contributed by atoms with van der Waals surface area (Å²) in [6.07, 6.45) is 0. The lowest BCUT2D eigenvalue weighted by atomic mass is 10.2. The molecule has 0 unspecified atom stereocenters. The molecule has 0 fully saturated rings. The summed E-state index contributed by atoms with van der Waals surface area (Å²) in [6.45, 7) is 3.87. The van der Waals surface area contributed by atoms with Crippen molar-refractivity contribution in [1.29, 1.82) is 0 Å². The second kappa shape index (κ2) is 7.20. The van der Waals surface area contributed by atoms with Crippen molar-refractivity contribution >= 4 is 35.0 Å². The molecule has 0 spiro atoms. The van der Waals surface area contributed by atoms with Crippen LogP contribution in [-0.2, 0) is 6.54 Å². The van der Waals surface area contributed by atoms with Gasteiger partial charge in [0.2, 0.25) is 0 Å². The number of halogens is 2. The molecule has 100 valence electrons. The molecular weight excluding hydrogens is 297 g/mol. The topological polar surface area (TPSA) is 12.0 Å². The van der Waals surface area contributed by atoms with Crippen LogP contribution < -0.4 is 5.32 Å². The fourth-order valence-corrected chi connectivity index (χ4v) is 3.17. The van der Waals surface area contributed by atoms with Gasteiger partial charge < -0.3 is 5.32 Å². The van der Waals surface area contributed by atoms with Crippen molar-refractivity contribution in [3.05, 3.63) is 58.1 Å². The van der Waals surface area contributed by atoms with Crippen LogP contribution in [0.25, 0.3) is 0 Å². The molecule has 0 saturated heterocycles. The van der Waals surface area contributed by atoms with Crippen molar-refractivity contribution in [1.82, 2.24) is 5.32 Å². The van der Waals surface area contributed by atoms with Gasteiger partial charge in [-0.3, -0.25) is 0 Å². The second-order valence-electron chi connectivity index (χ2n) is 4.06. The van der Waals surface area contributed by atoms with Gasteiger partial charge in [0.15, 0.2) is 0 Å². The van der Waals surface area contributed by atoms with Gasteiger partial charge in [0.05, 0.1) is 5.02 Å². The Hall–Kier alpha value is -0.670. The van der Waals surface area contributed by atoms with Crippen molar-refractivity contribution in [2.45, 2.75) is 23.3 Å². The number of benzene rings is 2. The molecule has 0 amide bonds. The lowest BCUT2D eigenvalue weighted by Gasteiger charge is -2.11. The van der Waals surface area contributed by atoms with Gasteiger partial charge in [-0.25, -0.2) is 0 Å². The Kier molecular flexibility index (Phi) is 5.59. The van der Waals surface area contributed by atoms with Crippen LogP contribution in [0.2, 0.25) is 10.0 Å². The van der Waals surface area contributed by atoms with E-state index in [-0.39, 0.29) is 0 Å². The first-order valence-corrected chi connectivity index (χ1v) is 7.69. The maximum atomic E-state index is 6.20. The lowest BCUT2D eigenvalue weighted by Crippen LogP contribution is -2.12. The molecule has 19 heavy (non-hydrogen) atoms. The molecule has 0 aliphatic heterocycles. The van der Waals surface area contributed by atoms with E-state index < -0.39 is 0 Å². The molecule has 4 heteroatoms. The van der Waals surface area contributed by atoms with Crippen molar-refractivity contribution in [3.8, 4) is 0 Å². The SMILES string of the molecule is CCNCc1ccc(Cl)cc1Sc1ccccc1Cl. The lowest BCUT2D eigenvalue weighted by molar-refractivity contribution is 0.718. The summed E-state index contributed by atoms with van der Waals surface area (Å²) in [5.41, 5.74) is 1.23. The van der Waals surface area contributed by atoms with Gasteiger partial charge in [-0.05, 0) is 36.4 Å². The third-order valence-corrected chi connectivity index (χ3v) is 4.50. The minimum absolute atomic E-state index is 0.745. The summed E-state index contributed by atoms with van der Waals surface area (Å²) >= 11 is 13.9. The van der Waals surface area contributed by atoms with E-state index in [9.17, 15) is 0 Å². The smallest absolute Gasteiger partial charge is 0.0545 e. The van der Waals surface area contributed by atoms with Crippen LogP contribution in [0.1, 0.15) is 12.5 Å². The molecule has 0 aromatic heterocycles. The van der Waals surface area contributed by atoms with Gasteiger partial charge in [0.25, 0.3) is 0 Å². The zero-order valence-corrected chi connectivity index (χ0v) is 12.9. The van der Waals surface area contributed by atoms with Gasteiger partial charge in [-0.2, -0.15) is 0 Å². The summed E-state index contributed by atoms with van der Waals surface area (Å²) in [6, 6.07) is 13.8. The average molecular weight is 312 g/mol.